The fraction of sp³-hybridized carbons (Fsp3) is 0.480. The van der Waals surface area contributed by atoms with Crippen LogP contribution in [0.5, 0.6) is 17.2 Å². The third kappa shape index (κ3) is 5.55. The van der Waals surface area contributed by atoms with Crippen molar-refractivity contribution in [3.05, 3.63) is 47.5 Å². The lowest BCUT2D eigenvalue weighted by atomic mass is 10.0. The molecule has 1 saturated heterocycles. The van der Waals surface area contributed by atoms with Crippen LogP contribution in [0.1, 0.15) is 30.9 Å². The Labute approximate surface area is 207 Å². The van der Waals surface area contributed by atoms with Gasteiger partial charge in [0, 0.05) is 39.8 Å². The Morgan fingerprint density at radius 2 is 1.77 bits per heavy atom. The van der Waals surface area contributed by atoms with Gasteiger partial charge in [0.1, 0.15) is 10.6 Å². The Bertz CT molecular complexity index is 1180. The predicted octanol–water partition coefficient (Wildman–Crippen LogP) is 2.51. The number of methoxy groups -OCH3 is 1. The minimum absolute atomic E-state index is 0.0787. The van der Waals surface area contributed by atoms with Crippen molar-refractivity contribution in [2.24, 2.45) is 0 Å². The zero-order valence-corrected chi connectivity index (χ0v) is 21.5. The van der Waals surface area contributed by atoms with Crippen LogP contribution in [0, 0.1) is 0 Å². The van der Waals surface area contributed by atoms with Gasteiger partial charge in [0.15, 0.2) is 11.5 Å². The smallest absolute Gasteiger partial charge is 0.246 e. The van der Waals surface area contributed by atoms with Gasteiger partial charge in [0.25, 0.3) is 0 Å². The van der Waals surface area contributed by atoms with Crippen molar-refractivity contribution in [3.63, 3.8) is 0 Å². The Morgan fingerprint density at radius 1 is 1.06 bits per heavy atom. The number of benzene rings is 2. The van der Waals surface area contributed by atoms with E-state index in [1.807, 2.05) is 38.1 Å². The number of carbonyl (C=O) groups excluding carboxylic acids is 1. The molecule has 0 spiro atoms. The highest BCUT2D eigenvalue weighted by Gasteiger charge is 2.30. The molecule has 190 valence electrons. The Kier molecular flexibility index (Phi) is 7.53. The summed E-state index contributed by atoms with van der Waals surface area (Å²) in [4.78, 5) is 17.0. The summed E-state index contributed by atoms with van der Waals surface area (Å²) in [7, 11) is -1.02. The van der Waals surface area contributed by atoms with Gasteiger partial charge >= 0.3 is 0 Å². The zero-order chi connectivity index (χ0) is 25.2. The molecule has 0 aliphatic carbocycles. The number of nitrogens with zero attached hydrogens (tertiary/aromatic N) is 3. The molecular weight excluding hydrogens is 470 g/mol. The summed E-state index contributed by atoms with van der Waals surface area (Å²) in [6.45, 7) is 7.28. The minimum atomic E-state index is -3.90. The van der Waals surface area contributed by atoms with Crippen LogP contribution in [0.3, 0.4) is 0 Å². The Morgan fingerprint density at radius 3 is 2.46 bits per heavy atom. The number of piperazine rings is 1. The van der Waals surface area contributed by atoms with Crippen molar-refractivity contribution >= 4 is 15.9 Å². The van der Waals surface area contributed by atoms with Gasteiger partial charge in [-0.1, -0.05) is 26.0 Å². The average molecular weight is 504 g/mol. The molecule has 4 rings (SSSR count). The first-order valence-electron chi connectivity index (χ1n) is 11.7. The highest BCUT2D eigenvalue weighted by Crippen LogP contribution is 2.33. The lowest BCUT2D eigenvalue weighted by molar-refractivity contribution is -0.133. The third-order valence-corrected chi connectivity index (χ3v) is 8.29. The number of likely N-dealkylation sites (N-methyl/N-ethyl adjacent to an activating group) is 1. The summed E-state index contributed by atoms with van der Waals surface area (Å²) in [5.74, 6) is 1.74. The van der Waals surface area contributed by atoms with E-state index in [9.17, 15) is 13.2 Å². The first kappa shape index (κ1) is 25.3. The number of amides is 1. The summed E-state index contributed by atoms with van der Waals surface area (Å²) >= 11 is 0. The van der Waals surface area contributed by atoms with Crippen molar-refractivity contribution in [2.45, 2.75) is 31.2 Å². The number of rotatable bonds is 8. The van der Waals surface area contributed by atoms with Crippen LogP contribution in [0.2, 0.25) is 0 Å². The quantitative estimate of drug-likeness (QED) is 0.547. The maximum absolute atomic E-state index is 13.3. The summed E-state index contributed by atoms with van der Waals surface area (Å²) in [5, 5.41) is 0. The second-order valence-corrected chi connectivity index (χ2v) is 11.2. The SMILES string of the molecule is COc1ccc(C(C)C)cc1S(=O)(=O)N(C)CC(=O)N1CCN(Cc2ccc3c(c2)OCO3)CC1. The molecule has 0 saturated carbocycles. The average Bonchev–Trinajstić information content (AvgIpc) is 3.31. The van der Waals surface area contributed by atoms with E-state index in [1.165, 1.54) is 14.2 Å². The fourth-order valence-corrected chi connectivity index (χ4v) is 5.56. The standard InChI is InChI=1S/C25H33N3O6S/c1-18(2)20-6-8-22(32-4)24(14-20)35(30,31)26(3)16-25(29)28-11-9-27(10-12-28)15-19-5-7-21-23(13-19)34-17-33-21/h5-8,13-14,18H,9-12,15-17H2,1-4H3. The van der Waals surface area contributed by atoms with Gasteiger partial charge in [-0.25, -0.2) is 8.42 Å². The topological polar surface area (TPSA) is 88.6 Å². The maximum atomic E-state index is 13.3. The van der Waals surface area contributed by atoms with Crippen LogP contribution in [0.15, 0.2) is 41.3 Å². The predicted molar refractivity (Wildman–Crippen MR) is 131 cm³/mol. The van der Waals surface area contributed by atoms with Crippen molar-refractivity contribution in [3.8, 4) is 17.2 Å². The van der Waals surface area contributed by atoms with Crippen molar-refractivity contribution in [1.29, 1.82) is 0 Å². The van der Waals surface area contributed by atoms with Gasteiger partial charge in [-0.15, -0.1) is 0 Å². The molecule has 2 aliphatic rings. The molecule has 0 bridgehead atoms. The molecule has 35 heavy (non-hydrogen) atoms. The number of fused-ring (bicyclic) bond motifs is 1. The molecule has 0 atom stereocenters. The van der Waals surface area contributed by atoms with Gasteiger partial charge in [0.05, 0.1) is 13.7 Å². The third-order valence-electron chi connectivity index (χ3n) is 6.47. The van der Waals surface area contributed by atoms with E-state index in [0.29, 0.717) is 26.2 Å². The van der Waals surface area contributed by atoms with Gasteiger partial charge in [-0.3, -0.25) is 9.69 Å². The molecule has 0 unspecified atom stereocenters. The Balaban J connectivity index is 1.35. The normalized spacial score (nSPS) is 16.2. The van der Waals surface area contributed by atoms with E-state index in [4.69, 9.17) is 14.2 Å². The number of hydrogen-bond donors (Lipinski definition) is 0. The number of ether oxygens (including phenoxy) is 3. The van der Waals surface area contributed by atoms with Gasteiger partial charge in [0.2, 0.25) is 22.7 Å². The van der Waals surface area contributed by atoms with Crippen molar-refractivity contribution in [1.82, 2.24) is 14.1 Å². The van der Waals surface area contributed by atoms with Crippen LogP contribution < -0.4 is 14.2 Å². The molecule has 0 aromatic heterocycles. The van der Waals surface area contributed by atoms with E-state index in [2.05, 4.69) is 4.90 Å². The lowest BCUT2D eigenvalue weighted by Crippen LogP contribution is -2.51. The molecule has 2 aliphatic heterocycles. The van der Waals surface area contributed by atoms with Gasteiger partial charge in [-0.05, 0) is 41.3 Å². The van der Waals surface area contributed by atoms with Crippen LogP contribution in [-0.4, -0.2) is 82.1 Å². The highest BCUT2D eigenvalue weighted by atomic mass is 32.2. The van der Waals surface area contributed by atoms with Gasteiger partial charge < -0.3 is 19.1 Å². The molecule has 2 aromatic carbocycles. The molecule has 2 heterocycles. The molecule has 0 N–H and O–H groups in total. The highest BCUT2D eigenvalue weighted by molar-refractivity contribution is 7.89. The zero-order valence-electron chi connectivity index (χ0n) is 20.7. The number of carbonyl (C=O) groups is 1. The summed E-state index contributed by atoms with van der Waals surface area (Å²) in [5.41, 5.74) is 2.01. The maximum Gasteiger partial charge on any atom is 0.246 e. The summed E-state index contributed by atoms with van der Waals surface area (Å²) < 4.78 is 43.8. The summed E-state index contributed by atoms with van der Waals surface area (Å²) in [6.07, 6.45) is 0. The Hall–Kier alpha value is -2.82. The second-order valence-electron chi connectivity index (χ2n) is 9.17. The fourth-order valence-electron chi connectivity index (χ4n) is 4.25. The largest absolute Gasteiger partial charge is 0.495 e. The van der Waals surface area contributed by atoms with E-state index >= 15 is 0 Å². The molecule has 2 aromatic rings. The van der Waals surface area contributed by atoms with Crippen molar-refractivity contribution < 1.29 is 27.4 Å². The molecule has 1 fully saturated rings. The first-order chi connectivity index (χ1) is 16.7. The lowest BCUT2D eigenvalue weighted by Gasteiger charge is -2.35. The van der Waals surface area contributed by atoms with Crippen LogP contribution >= 0.6 is 0 Å². The van der Waals surface area contributed by atoms with Crippen LogP contribution in [-0.2, 0) is 21.4 Å². The van der Waals surface area contributed by atoms with E-state index in [0.717, 1.165) is 33.5 Å². The van der Waals surface area contributed by atoms with Crippen LogP contribution in [0.25, 0.3) is 0 Å². The molecule has 10 heteroatoms. The van der Waals surface area contributed by atoms with Crippen LogP contribution in [0.4, 0.5) is 0 Å². The first-order valence-corrected chi connectivity index (χ1v) is 13.2. The molecular formula is C25H33N3O6S. The molecule has 1 amide bonds. The minimum Gasteiger partial charge on any atom is -0.495 e. The van der Waals surface area contributed by atoms with Crippen molar-refractivity contribution in [2.75, 3.05) is 53.7 Å². The number of hydrogen-bond acceptors (Lipinski definition) is 7. The monoisotopic (exact) mass is 503 g/mol. The van der Waals surface area contributed by atoms with E-state index in [1.54, 1.807) is 17.0 Å². The van der Waals surface area contributed by atoms with E-state index in [-0.39, 0.29) is 35.8 Å². The molecule has 9 nitrogen and oxygen atoms in total. The second kappa shape index (κ2) is 10.4. The summed E-state index contributed by atoms with van der Waals surface area (Å²) in [6, 6.07) is 11.1. The van der Waals surface area contributed by atoms with Gasteiger partial charge in [-0.2, -0.15) is 4.31 Å². The number of sulfonamides is 1. The van der Waals surface area contributed by atoms with E-state index < -0.39 is 10.0 Å². The molecule has 0 radical (unpaired) electrons.